The van der Waals surface area contributed by atoms with E-state index in [9.17, 15) is 13.2 Å². The molecule has 0 bridgehead atoms. The van der Waals surface area contributed by atoms with E-state index in [4.69, 9.17) is 5.14 Å². The minimum absolute atomic E-state index is 0.157. The quantitative estimate of drug-likeness (QED) is 0.696. The number of nitrogens with one attached hydrogen (secondary N) is 1. The summed E-state index contributed by atoms with van der Waals surface area (Å²) < 4.78 is 22.4. The van der Waals surface area contributed by atoms with Crippen molar-refractivity contribution in [3.63, 3.8) is 0 Å². The molecule has 1 aliphatic carbocycles. The van der Waals surface area contributed by atoms with Gasteiger partial charge in [-0.05, 0) is 25.7 Å². The Hall–Kier alpha value is -0.820. The fourth-order valence-electron chi connectivity index (χ4n) is 1.88. The van der Waals surface area contributed by atoms with Gasteiger partial charge in [0, 0.05) is 19.1 Å². The number of nitrogens with zero attached hydrogens (tertiary/aromatic N) is 1. The highest BCUT2D eigenvalue weighted by atomic mass is 32.2. The Morgan fingerprint density at radius 1 is 1.31 bits per heavy atom. The van der Waals surface area contributed by atoms with E-state index in [0.29, 0.717) is 25.4 Å². The molecule has 92 valence electrons. The SMILES string of the molecule is NS(=O)(=O)C1CCCN(C(=O)NC2CC2)C1. The maximum Gasteiger partial charge on any atom is 0.317 e. The molecule has 1 saturated carbocycles. The maximum absolute atomic E-state index is 11.7. The van der Waals surface area contributed by atoms with Crippen LogP contribution < -0.4 is 10.5 Å². The molecule has 0 aromatic heterocycles. The number of rotatable bonds is 2. The van der Waals surface area contributed by atoms with Gasteiger partial charge in [-0.2, -0.15) is 0 Å². The van der Waals surface area contributed by atoms with Gasteiger partial charge in [0.15, 0.2) is 0 Å². The highest BCUT2D eigenvalue weighted by molar-refractivity contribution is 7.89. The van der Waals surface area contributed by atoms with Gasteiger partial charge in [-0.25, -0.2) is 18.4 Å². The number of carbonyl (C=O) groups is 1. The average molecular weight is 247 g/mol. The highest BCUT2D eigenvalue weighted by Crippen LogP contribution is 2.20. The van der Waals surface area contributed by atoms with Crippen LogP contribution in [-0.4, -0.2) is 43.7 Å². The van der Waals surface area contributed by atoms with Gasteiger partial charge in [0.25, 0.3) is 0 Å². The fourth-order valence-corrected chi connectivity index (χ4v) is 2.77. The van der Waals surface area contributed by atoms with Gasteiger partial charge >= 0.3 is 6.03 Å². The maximum atomic E-state index is 11.7. The van der Waals surface area contributed by atoms with Crippen molar-refractivity contribution in [2.75, 3.05) is 13.1 Å². The summed E-state index contributed by atoms with van der Waals surface area (Å²) in [6.07, 6.45) is 3.29. The van der Waals surface area contributed by atoms with Gasteiger partial charge in [-0.15, -0.1) is 0 Å². The van der Waals surface area contributed by atoms with Crippen LogP contribution in [0.15, 0.2) is 0 Å². The molecule has 0 radical (unpaired) electrons. The first-order valence-corrected chi connectivity index (χ1v) is 7.15. The zero-order valence-electron chi connectivity index (χ0n) is 9.05. The van der Waals surface area contributed by atoms with Crippen molar-refractivity contribution in [1.82, 2.24) is 10.2 Å². The van der Waals surface area contributed by atoms with Crippen LogP contribution in [-0.2, 0) is 10.0 Å². The van der Waals surface area contributed by atoms with Gasteiger partial charge in [0.2, 0.25) is 10.0 Å². The third-order valence-corrected chi connectivity index (χ3v) is 4.35. The van der Waals surface area contributed by atoms with Crippen molar-refractivity contribution in [1.29, 1.82) is 0 Å². The molecule has 1 aliphatic heterocycles. The monoisotopic (exact) mass is 247 g/mol. The minimum Gasteiger partial charge on any atom is -0.335 e. The molecule has 2 fully saturated rings. The van der Waals surface area contributed by atoms with Gasteiger partial charge in [-0.3, -0.25) is 0 Å². The Kier molecular flexibility index (Phi) is 3.07. The number of sulfonamides is 1. The molecule has 0 aromatic rings. The molecule has 2 rings (SSSR count). The molecule has 1 heterocycles. The van der Waals surface area contributed by atoms with Gasteiger partial charge in [0.1, 0.15) is 0 Å². The lowest BCUT2D eigenvalue weighted by Gasteiger charge is -2.31. The number of piperidine rings is 1. The highest BCUT2D eigenvalue weighted by Gasteiger charge is 2.32. The number of primary sulfonamides is 1. The van der Waals surface area contributed by atoms with E-state index in [-0.39, 0.29) is 12.6 Å². The number of nitrogens with two attached hydrogens (primary N) is 1. The number of urea groups is 1. The summed E-state index contributed by atoms with van der Waals surface area (Å²) in [6, 6.07) is 0.137. The van der Waals surface area contributed by atoms with Crippen LogP contribution in [0.3, 0.4) is 0 Å². The first-order valence-electron chi connectivity index (χ1n) is 5.54. The second kappa shape index (κ2) is 4.21. The van der Waals surface area contributed by atoms with Crippen molar-refractivity contribution in [2.45, 2.75) is 37.0 Å². The number of likely N-dealkylation sites (tertiary alicyclic amines) is 1. The van der Waals surface area contributed by atoms with Crippen LogP contribution in [0.25, 0.3) is 0 Å². The predicted octanol–water partition coefficient (Wildman–Crippen LogP) is -0.389. The lowest BCUT2D eigenvalue weighted by atomic mass is 10.1. The van der Waals surface area contributed by atoms with E-state index in [0.717, 1.165) is 12.8 Å². The largest absolute Gasteiger partial charge is 0.335 e. The molecule has 1 atom stereocenters. The molecule has 0 spiro atoms. The summed E-state index contributed by atoms with van der Waals surface area (Å²) in [5.74, 6) is 0. The molecule has 1 unspecified atom stereocenters. The second-order valence-electron chi connectivity index (χ2n) is 4.52. The van der Waals surface area contributed by atoms with Crippen molar-refractivity contribution < 1.29 is 13.2 Å². The van der Waals surface area contributed by atoms with Crippen LogP contribution in [0, 0.1) is 0 Å². The number of hydrogen-bond donors (Lipinski definition) is 2. The molecule has 0 aromatic carbocycles. The number of hydrogen-bond acceptors (Lipinski definition) is 3. The average Bonchev–Trinajstić information content (AvgIpc) is 3.00. The predicted molar refractivity (Wildman–Crippen MR) is 59.3 cm³/mol. The van der Waals surface area contributed by atoms with Gasteiger partial charge in [-0.1, -0.05) is 0 Å². The van der Waals surface area contributed by atoms with Crippen molar-refractivity contribution in [2.24, 2.45) is 5.14 Å². The third-order valence-electron chi connectivity index (χ3n) is 3.03. The molecule has 1 saturated heterocycles. The Bertz CT molecular complexity index is 377. The normalized spacial score (nSPS) is 26.6. The summed E-state index contributed by atoms with van der Waals surface area (Å²) in [5.41, 5.74) is 0. The molecule has 2 aliphatic rings. The van der Waals surface area contributed by atoms with Crippen molar-refractivity contribution in [3.05, 3.63) is 0 Å². The van der Waals surface area contributed by atoms with Crippen LogP contribution in [0.1, 0.15) is 25.7 Å². The smallest absolute Gasteiger partial charge is 0.317 e. The van der Waals surface area contributed by atoms with Crippen LogP contribution in [0.2, 0.25) is 0 Å². The van der Waals surface area contributed by atoms with Crippen LogP contribution >= 0.6 is 0 Å². The molecule has 2 amide bonds. The Morgan fingerprint density at radius 3 is 2.56 bits per heavy atom. The molecular weight excluding hydrogens is 230 g/mol. The molecule has 3 N–H and O–H groups in total. The van der Waals surface area contributed by atoms with E-state index in [1.54, 1.807) is 4.90 Å². The van der Waals surface area contributed by atoms with Crippen LogP contribution in [0.4, 0.5) is 4.79 Å². The fraction of sp³-hybridized carbons (Fsp3) is 0.889. The van der Waals surface area contributed by atoms with Crippen molar-refractivity contribution in [3.8, 4) is 0 Å². The lowest BCUT2D eigenvalue weighted by Crippen LogP contribution is -2.50. The molecule has 16 heavy (non-hydrogen) atoms. The zero-order valence-corrected chi connectivity index (χ0v) is 9.87. The first kappa shape index (κ1) is 11.7. The van der Waals surface area contributed by atoms with E-state index < -0.39 is 15.3 Å². The number of carbonyl (C=O) groups excluding carboxylic acids is 1. The van der Waals surface area contributed by atoms with Crippen molar-refractivity contribution >= 4 is 16.1 Å². The van der Waals surface area contributed by atoms with E-state index in [1.807, 2.05) is 0 Å². The molecule has 6 nitrogen and oxygen atoms in total. The summed E-state index contributed by atoms with van der Waals surface area (Å²) in [7, 11) is -3.53. The Balaban J connectivity index is 1.92. The standard InChI is InChI=1S/C9H17N3O3S/c10-16(14,15)8-2-1-5-12(6-8)9(13)11-7-3-4-7/h7-8H,1-6H2,(H,11,13)(H2,10,14,15). The Morgan fingerprint density at radius 2 is 2.00 bits per heavy atom. The first-order chi connectivity index (χ1) is 7.47. The zero-order chi connectivity index (χ0) is 11.8. The minimum atomic E-state index is -3.53. The topological polar surface area (TPSA) is 92.5 Å². The summed E-state index contributed by atoms with van der Waals surface area (Å²) in [4.78, 5) is 13.3. The number of amides is 2. The molecular formula is C9H17N3O3S. The molecule has 7 heteroatoms. The van der Waals surface area contributed by atoms with E-state index >= 15 is 0 Å². The second-order valence-corrected chi connectivity index (χ2v) is 6.37. The third kappa shape index (κ3) is 2.85. The van der Waals surface area contributed by atoms with Crippen LogP contribution in [0.5, 0.6) is 0 Å². The van der Waals surface area contributed by atoms with E-state index in [1.165, 1.54) is 0 Å². The Labute approximate surface area is 95.2 Å². The summed E-state index contributed by atoms with van der Waals surface area (Å²) >= 11 is 0. The lowest BCUT2D eigenvalue weighted by molar-refractivity contribution is 0.186. The van der Waals surface area contributed by atoms with Gasteiger partial charge in [0.05, 0.1) is 5.25 Å². The summed E-state index contributed by atoms with van der Waals surface area (Å²) in [6.45, 7) is 0.835. The summed E-state index contributed by atoms with van der Waals surface area (Å²) in [5, 5.41) is 7.34. The van der Waals surface area contributed by atoms with Gasteiger partial charge < -0.3 is 10.2 Å². The van der Waals surface area contributed by atoms with E-state index in [2.05, 4.69) is 5.32 Å².